The fourth-order valence-electron chi connectivity index (χ4n) is 1.64. The minimum atomic E-state index is -3.31. The van der Waals surface area contributed by atoms with E-state index in [1.807, 2.05) is 6.92 Å². The van der Waals surface area contributed by atoms with Gasteiger partial charge in [0.2, 0.25) is 0 Å². The lowest BCUT2D eigenvalue weighted by Crippen LogP contribution is -2.15. The van der Waals surface area contributed by atoms with Crippen LogP contribution in [-0.2, 0) is 15.7 Å². The first kappa shape index (κ1) is 16.9. The van der Waals surface area contributed by atoms with Crippen LogP contribution in [0.15, 0.2) is 22.8 Å². The van der Waals surface area contributed by atoms with Crippen LogP contribution in [0.5, 0.6) is 0 Å². The van der Waals surface area contributed by atoms with Gasteiger partial charge in [0, 0.05) is 6.26 Å². The molecule has 2 rings (SSSR count). The highest BCUT2D eigenvalue weighted by Gasteiger charge is 2.19. The first-order chi connectivity index (χ1) is 10.2. The monoisotopic (exact) mass is 406 g/mol. The number of rotatable bonds is 4. The molecule has 0 aliphatic rings. The second-order valence-electron chi connectivity index (χ2n) is 4.70. The molecule has 2 aromatic rings. The van der Waals surface area contributed by atoms with E-state index in [-0.39, 0.29) is 10.3 Å². The van der Waals surface area contributed by atoms with Gasteiger partial charge in [-0.1, -0.05) is 17.7 Å². The van der Waals surface area contributed by atoms with Crippen molar-refractivity contribution in [1.29, 1.82) is 0 Å². The summed E-state index contributed by atoms with van der Waals surface area (Å²) in [6.07, 6.45) is 1.05. The number of nitrogens with zero attached hydrogens (tertiary/aromatic N) is 3. The Morgan fingerprint density at radius 1 is 1.41 bits per heavy atom. The molecule has 1 aromatic heterocycles. The molecule has 0 fully saturated rings. The number of anilines is 1. The van der Waals surface area contributed by atoms with Crippen LogP contribution in [0.2, 0.25) is 5.02 Å². The summed E-state index contributed by atoms with van der Waals surface area (Å²) in [6, 6.07) is 5.19. The molecule has 0 unspecified atom stereocenters. The van der Waals surface area contributed by atoms with Gasteiger partial charge in [0.25, 0.3) is 5.91 Å². The lowest BCUT2D eigenvalue weighted by Gasteiger charge is -2.06. The molecule has 0 atom stereocenters. The van der Waals surface area contributed by atoms with E-state index in [0.29, 0.717) is 10.7 Å². The summed E-state index contributed by atoms with van der Waals surface area (Å²) in [4.78, 5) is 13.1. The molecule has 10 heteroatoms. The molecule has 0 spiro atoms. The number of carbonyl (C=O) groups excluding carboxylic acids is 1. The molecule has 22 heavy (non-hydrogen) atoms. The Morgan fingerprint density at radius 3 is 2.68 bits per heavy atom. The molecule has 1 aromatic carbocycles. The molecule has 0 aliphatic carbocycles. The molecular weight excluding hydrogens is 396 g/mol. The molecule has 1 N–H and O–H groups in total. The Morgan fingerprint density at radius 2 is 2.09 bits per heavy atom. The van der Waals surface area contributed by atoms with E-state index >= 15 is 0 Å². The third-order valence-electron chi connectivity index (χ3n) is 2.55. The summed E-state index contributed by atoms with van der Waals surface area (Å²) < 4.78 is 22.6. The van der Waals surface area contributed by atoms with E-state index in [4.69, 9.17) is 11.6 Å². The zero-order valence-corrected chi connectivity index (χ0v) is 14.8. The van der Waals surface area contributed by atoms with Crippen LogP contribution in [0.25, 0.3) is 0 Å². The molecule has 118 valence electrons. The van der Waals surface area contributed by atoms with Crippen molar-refractivity contribution in [3.8, 4) is 0 Å². The fourth-order valence-corrected chi connectivity index (χ4v) is 2.90. The number of carbonyl (C=O) groups is 1. The Bertz CT molecular complexity index is 835. The van der Waals surface area contributed by atoms with Crippen LogP contribution in [0, 0.1) is 6.92 Å². The van der Waals surface area contributed by atoms with E-state index in [2.05, 4.69) is 31.4 Å². The Kier molecular flexibility index (Phi) is 4.88. The molecule has 1 heterocycles. The maximum absolute atomic E-state index is 12.2. The number of benzene rings is 1. The van der Waals surface area contributed by atoms with Crippen molar-refractivity contribution in [1.82, 2.24) is 15.0 Å². The Hall–Kier alpha value is -1.45. The van der Waals surface area contributed by atoms with Crippen LogP contribution < -0.4 is 5.32 Å². The Balaban J connectivity index is 2.23. The van der Waals surface area contributed by atoms with Crippen molar-refractivity contribution in [2.24, 2.45) is 0 Å². The van der Waals surface area contributed by atoms with Gasteiger partial charge in [-0.15, -0.1) is 10.2 Å². The summed E-state index contributed by atoms with van der Waals surface area (Å²) in [5.41, 5.74) is 1.37. The second-order valence-corrected chi connectivity index (χ2v) is 7.97. The first-order valence-electron chi connectivity index (χ1n) is 6.01. The predicted octanol–water partition coefficient (Wildman–Crippen LogP) is 2.26. The number of hydrogen-bond donors (Lipinski definition) is 1. The lowest BCUT2D eigenvalue weighted by atomic mass is 10.2. The van der Waals surface area contributed by atoms with Gasteiger partial charge < -0.3 is 5.32 Å². The standard InChI is InChI=1S/C12H12BrClN4O3S/c1-7-3-4-9(8(14)5-7)15-12(19)10-11(13)17-18(16-10)6-22(2,20)21/h3-5H,6H2,1-2H3,(H,15,19). The third kappa shape index (κ3) is 4.28. The largest absolute Gasteiger partial charge is 0.319 e. The number of halogens is 2. The van der Waals surface area contributed by atoms with Crippen molar-refractivity contribution in [2.75, 3.05) is 11.6 Å². The van der Waals surface area contributed by atoms with Crippen LogP contribution >= 0.6 is 27.5 Å². The van der Waals surface area contributed by atoms with Gasteiger partial charge in [0.1, 0.15) is 0 Å². The average Bonchev–Trinajstić information content (AvgIpc) is 2.71. The molecule has 7 nitrogen and oxygen atoms in total. The van der Waals surface area contributed by atoms with Gasteiger partial charge in [-0.05, 0) is 40.5 Å². The smallest absolute Gasteiger partial charge is 0.279 e. The molecular formula is C12H12BrClN4O3S. The minimum absolute atomic E-state index is 0.0275. The number of aromatic nitrogens is 3. The summed E-state index contributed by atoms with van der Waals surface area (Å²) in [6.45, 7) is 1.88. The summed E-state index contributed by atoms with van der Waals surface area (Å²) in [5, 5.41) is 10.7. The fraction of sp³-hybridized carbons (Fsp3) is 0.250. The van der Waals surface area contributed by atoms with Gasteiger partial charge in [0.15, 0.2) is 26.0 Å². The van der Waals surface area contributed by atoms with Crippen LogP contribution in [0.1, 0.15) is 16.1 Å². The van der Waals surface area contributed by atoms with Crippen LogP contribution in [0.4, 0.5) is 5.69 Å². The van der Waals surface area contributed by atoms with Crippen molar-refractivity contribution in [3.63, 3.8) is 0 Å². The van der Waals surface area contributed by atoms with Crippen LogP contribution in [0.3, 0.4) is 0 Å². The minimum Gasteiger partial charge on any atom is -0.319 e. The van der Waals surface area contributed by atoms with Crippen molar-refractivity contribution in [2.45, 2.75) is 12.8 Å². The van der Waals surface area contributed by atoms with E-state index in [1.165, 1.54) is 0 Å². The van der Waals surface area contributed by atoms with Gasteiger partial charge in [-0.3, -0.25) is 4.79 Å². The Labute approximate surface area is 140 Å². The number of sulfone groups is 1. The normalized spacial score (nSPS) is 11.5. The number of nitrogens with one attached hydrogen (secondary N) is 1. The van der Waals surface area contributed by atoms with Crippen molar-refractivity contribution >= 4 is 49.0 Å². The lowest BCUT2D eigenvalue weighted by molar-refractivity contribution is 0.102. The highest BCUT2D eigenvalue weighted by molar-refractivity contribution is 9.10. The maximum atomic E-state index is 12.2. The third-order valence-corrected chi connectivity index (χ3v) is 4.10. The number of hydrogen-bond acceptors (Lipinski definition) is 5. The van der Waals surface area contributed by atoms with Crippen molar-refractivity contribution < 1.29 is 13.2 Å². The van der Waals surface area contributed by atoms with Crippen molar-refractivity contribution in [3.05, 3.63) is 39.1 Å². The van der Waals surface area contributed by atoms with Gasteiger partial charge in [-0.25, -0.2) is 8.42 Å². The zero-order chi connectivity index (χ0) is 16.5. The quantitative estimate of drug-likeness (QED) is 0.839. The first-order valence-corrected chi connectivity index (χ1v) is 9.25. The molecule has 0 saturated carbocycles. The van der Waals surface area contributed by atoms with Gasteiger partial charge in [-0.2, -0.15) is 4.80 Å². The molecule has 0 radical (unpaired) electrons. The highest BCUT2D eigenvalue weighted by Crippen LogP contribution is 2.24. The highest BCUT2D eigenvalue weighted by atomic mass is 79.9. The average molecular weight is 408 g/mol. The summed E-state index contributed by atoms with van der Waals surface area (Å²) in [7, 11) is -3.31. The number of aryl methyl sites for hydroxylation is 1. The predicted molar refractivity (Wildman–Crippen MR) is 86.7 cm³/mol. The second kappa shape index (κ2) is 6.35. The van der Waals surface area contributed by atoms with E-state index in [9.17, 15) is 13.2 Å². The summed E-state index contributed by atoms with van der Waals surface area (Å²) in [5.74, 6) is -0.957. The van der Waals surface area contributed by atoms with E-state index in [0.717, 1.165) is 16.6 Å². The van der Waals surface area contributed by atoms with Crippen LogP contribution in [-0.4, -0.2) is 35.6 Å². The van der Waals surface area contributed by atoms with Gasteiger partial charge in [0.05, 0.1) is 10.7 Å². The summed E-state index contributed by atoms with van der Waals surface area (Å²) >= 11 is 9.13. The molecule has 1 amide bonds. The molecule has 0 bridgehead atoms. The molecule has 0 saturated heterocycles. The number of amides is 1. The SMILES string of the molecule is Cc1ccc(NC(=O)c2nn(CS(C)(=O)=O)nc2Br)c(Cl)c1. The van der Waals surface area contributed by atoms with E-state index < -0.39 is 21.6 Å². The maximum Gasteiger partial charge on any atom is 0.279 e. The zero-order valence-electron chi connectivity index (χ0n) is 11.7. The van der Waals surface area contributed by atoms with E-state index in [1.54, 1.807) is 18.2 Å². The van der Waals surface area contributed by atoms with Gasteiger partial charge >= 0.3 is 0 Å². The topological polar surface area (TPSA) is 94.0 Å². The molecule has 0 aliphatic heterocycles.